The van der Waals surface area contributed by atoms with Gasteiger partial charge in [0.05, 0.1) is 11.3 Å². The number of hydrogen-bond acceptors (Lipinski definition) is 4. The van der Waals surface area contributed by atoms with Gasteiger partial charge in [0.1, 0.15) is 0 Å². The van der Waals surface area contributed by atoms with Gasteiger partial charge in [0.2, 0.25) is 11.8 Å². The van der Waals surface area contributed by atoms with E-state index in [1.165, 1.54) is 12.1 Å². The minimum absolute atomic E-state index is 0.00105. The van der Waals surface area contributed by atoms with Crippen LogP contribution < -0.4 is 10.2 Å². The van der Waals surface area contributed by atoms with Gasteiger partial charge in [-0.15, -0.1) is 0 Å². The van der Waals surface area contributed by atoms with E-state index in [1.54, 1.807) is 30.0 Å². The van der Waals surface area contributed by atoms with Gasteiger partial charge < -0.3 is 10.2 Å². The van der Waals surface area contributed by atoms with E-state index in [9.17, 15) is 19.7 Å². The van der Waals surface area contributed by atoms with Gasteiger partial charge in [-0.3, -0.25) is 19.7 Å². The molecule has 1 aliphatic heterocycles. The Kier molecular flexibility index (Phi) is 4.97. The third-order valence-corrected chi connectivity index (χ3v) is 4.37. The van der Waals surface area contributed by atoms with E-state index in [0.717, 1.165) is 24.1 Å². The highest BCUT2D eigenvalue weighted by atomic mass is 16.6. The first-order valence-electron chi connectivity index (χ1n) is 8.38. The van der Waals surface area contributed by atoms with Crippen molar-refractivity contribution in [2.75, 3.05) is 16.8 Å². The first kappa shape index (κ1) is 17.6. The molecule has 0 bridgehead atoms. The standard InChI is InChI=1S/C19H19N3O4/c1-13(23)21-10-2-3-15-12-16(6-9-18(15)21)20-19(24)11-14-4-7-17(8-5-14)22(25)26/h4-9,12H,2-3,10-11H2,1H3,(H,20,24). The van der Waals surface area contributed by atoms with Crippen molar-refractivity contribution in [1.29, 1.82) is 0 Å². The summed E-state index contributed by atoms with van der Waals surface area (Å²) in [6.07, 6.45) is 1.90. The van der Waals surface area contributed by atoms with Gasteiger partial charge in [-0.2, -0.15) is 0 Å². The fourth-order valence-corrected chi connectivity index (χ4v) is 3.13. The number of nitro groups is 1. The molecule has 0 saturated heterocycles. The number of carbonyl (C=O) groups is 2. The van der Waals surface area contributed by atoms with E-state index in [1.807, 2.05) is 12.1 Å². The van der Waals surface area contributed by atoms with Crippen LogP contribution in [0.15, 0.2) is 42.5 Å². The van der Waals surface area contributed by atoms with Crippen LogP contribution in [0.5, 0.6) is 0 Å². The molecule has 0 unspecified atom stereocenters. The normalized spacial score (nSPS) is 13.0. The van der Waals surface area contributed by atoms with Gasteiger partial charge in [-0.25, -0.2) is 0 Å². The lowest BCUT2D eigenvalue weighted by atomic mass is 10.0. The van der Waals surface area contributed by atoms with E-state index >= 15 is 0 Å². The molecular weight excluding hydrogens is 334 g/mol. The second-order valence-electron chi connectivity index (χ2n) is 6.27. The highest BCUT2D eigenvalue weighted by Crippen LogP contribution is 2.29. The van der Waals surface area contributed by atoms with Gasteiger partial charge in [-0.1, -0.05) is 12.1 Å². The fraction of sp³-hybridized carbons (Fsp3) is 0.263. The van der Waals surface area contributed by atoms with Crippen molar-refractivity contribution in [3.63, 3.8) is 0 Å². The maximum Gasteiger partial charge on any atom is 0.269 e. The third-order valence-electron chi connectivity index (χ3n) is 4.37. The Labute approximate surface area is 150 Å². The Balaban J connectivity index is 1.68. The molecule has 0 radical (unpaired) electrons. The molecule has 7 nitrogen and oxygen atoms in total. The number of amides is 2. The van der Waals surface area contributed by atoms with Gasteiger partial charge in [0, 0.05) is 37.0 Å². The lowest BCUT2D eigenvalue weighted by molar-refractivity contribution is -0.384. The van der Waals surface area contributed by atoms with Crippen molar-refractivity contribution in [2.45, 2.75) is 26.2 Å². The minimum Gasteiger partial charge on any atom is -0.326 e. The number of fused-ring (bicyclic) bond motifs is 1. The molecule has 0 spiro atoms. The number of benzene rings is 2. The van der Waals surface area contributed by atoms with Crippen LogP contribution in [0.4, 0.5) is 17.1 Å². The summed E-state index contributed by atoms with van der Waals surface area (Å²) < 4.78 is 0. The second-order valence-corrected chi connectivity index (χ2v) is 6.27. The summed E-state index contributed by atoms with van der Waals surface area (Å²) >= 11 is 0. The maximum atomic E-state index is 12.2. The monoisotopic (exact) mass is 353 g/mol. The molecule has 26 heavy (non-hydrogen) atoms. The zero-order chi connectivity index (χ0) is 18.7. The predicted molar refractivity (Wildman–Crippen MR) is 98.2 cm³/mol. The van der Waals surface area contributed by atoms with Crippen LogP contribution in [0.2, 0.25) is 0 Å². The quantitative estimate of drug-likeness (QED) is 0.675. The second kappa shape index (κ2) is 7.35. The molecule has 0 atom stereocenters. The van der Waals surface area contributed by atoms with E-state index in [0.29, 0.717) is 17.8 Å². The Morgan fingerprint density at radius 1 is 1.19 bits per heavy atom. The maximum absolute atomic E-state index is 12.2. The number of anilines is 2. The van der Waals surface area contributed by atoms with Crippen LogP contribution in [-0.2, 0) is 22.4 Å². The Bertz CT molecular complexity index is 862. The molecule has 2 amide bonds. The molecule has 0 fully saturated rings. The number of nitrogens with one attached hydrogen (secondary N) is 1. The average Bonchev–Trinajstić information content (AvgIpc) is 2.61. The van der Waals surface area contributed by atoms with Crippen molar-refractivity contribution in [3.8, 4) is 0 Å². The molecular formula is C19H19N3O4. The summed E-state index contributed by atoms with van der Waals surface area (Å²) in [5, 5.41) is 13.5. The molecule has 7 heteroatoms. The highest BCUT2D eigenvalue weighted by molar-refractivity contribution is 5.95. The van der Waals surface area contributed by atoms with Crippen LogP contribution in [0.25, 0.3) is 0 Å². The molecule has 3 rings (SSSR count). The SMILES string of the molecule is CC(=O)N1CCCc2cc(NC(=O)Cc3ccc([N+](=O)[O-])cc3)ccc21. The third kappa shape index (κ3) is 3.88. The summed E-state index contributed by atoms with van der Waals surface area (Å²) in [5.41, 5.74) is 3.32. The Morgan fingerprint density at radius 3 is 2.58 bits per heavy atom. The predicted octanol–water partition coefficient (Wildman–Crippen LogP) is 3.08. The van der Waals surface area contributed by atoms with Crippen LogP contribution in [0.1, 0.15) is 24.5 Å². The topological polar surface area (TPSA) is 92.6 Å². The largest absolute Gasteiger partial charge is 0.326 e. The van der Waals surface area contributed by atoms with Crippen molar-refractivity contribution in [3.05, 3.63) is 63.7 Å². The average molecular weight is 353 g/mol. The summed E-state index contributed by atoms with van der Waals surface area (Å²) in [7, 11) is 0. The zero-order valence-electron chi connectivity index (χ0n) is 14.4. The number of non-ortho nitro benzene ring substituents is 1. The number of rotatable bonds is 4. The summed E-state index contributed by atoms with van der Waals surface area (Å²) in [6, 6.07) is 11.5. The van der Waals surface area contributed by atoms with E-state index in [-0.39, 0.29) is 23.9 Å². The zero-order valence-corrected chi connectivity index (χ0v) is 14.4. The molecule has 0 aromatic heterocycles. The van der Waals surface area contributed by atoms with Crippen molar-refractivity contribution < 1.29 is 14.5 Å². The summed E-state index contributed by atoms with van der Waals surface area (Å²) in [5.74, 6) is -0.182. The summed E-state index contributed by atoms with van der Waals surface area (Å²) in [4.78, 5) is 35.9. The van der Waals surface area contributed by atoms with Crippen LogP contribution in [0, 0.1) is 10.1 Å². The van der Waals surface area contributed by atoms with Crippen molar-refractivity contribution in [2.24, 2.45) is 0 Å². The fourth-order valence-electron chi connectivity index (χ4n) is 3.13. The number of nitro benzene ring substituents is 1. The Morgan fingerprint density at radius 2 is 1.92 bits per heavy atom. The van der Waals surface area contributed by atoms with Gasteiger partial charge in [-0.05, 0) is 42.2 Å². The summed E-state index contributed by atoms with van der Waals surface area (Å²) in [6.45, 7) is 2.27. The van der Waals surface area contributed by atoms with Gasteiger partial charge in [0.15, 0.2) is 0 Å². The lowest BCUT2D eigenvalue weighted by Crippen LogP contribution is -2.33. The van der Waals surface area contributed by atoms with Crippen LogP contribution >= 0.6 is 0 Å². The molecule has 2 aromatic rings. The van der Waals surface area contributed by atoms with E-state index in [4.69, 9.17) is 0 Å². The number of nitrogens with zero attached hydrogens (tertiary/aromatic N) is 2. The van der Waals surface area contributed by atoms with Crippen molar-refractivity contribution >= 4 is 28.9 Å². The first-order valence-corrected chi connectivity index (χ1v) is 8.38. The molecule has 1 N–H and O–H groups in total. The van der Waals surface area contributed by atoms with Crippen LogP contribution in [-0.4, -0.2) is 23.3 Å². The molecule has 2 aromatic carbocycles. The molecule has 1 aliphatic rings. The molecule has 134 valence electrons. The van der Waals surface area contributed by atoms with Crippen molar-refractivity contribution in [1.82, 2.24) is 0 Å². The smallest absolute Gasteiger partial charge is 0.269 e. The number of carbonyl (C=O) groups excluding carboxylic acids is 2. The number of hydrogen-bond donors (Lipinski definition) is 1. The first-order chi connectivity index (χ1) is 12.4. The van der Waals surface area contributed by atoms with Crippen LogP contribution in [0.3, 0.4) is 0 Å². The minimum atomic E-state index is -0.471. The molecule has 1 heterocycles. The van der Waals surface area contributed by atoms with Gasteiger partial charge >= 0.3 is 0 Å². The Hall–Kier alpha value is -3.22. The molecule has 0 aliphatic carbocycles. The highest BCUT2D eigenvalue weighted by Gasteiger charge is 2.20. The van der Waals surface area contributed by atoms with E-state index < -0.39 is 4.92 Å². The van der Waals surface area contributed by atoms with Gasteiger partial charge in [0.25, 0.3) is 5.69 Å². The molecule has 0 saturated carbocycles. The number of aryl methyl sites for hydroxylation is 1. The van der Waals surface area contributed by atoms with E-state index in [2.05, 4.69) is 5.32 Å². The lowest BCUT2D eigenvalue weighted by Gasteiger charge is -2.29.